The topological polar surface area (TPSA) is 58.6 Å². The molecule has 1 aliphatic heterocycles. The molecule has 1 heterocycles. The van der Waals surface area contributed by atoms with E-state index in [4.69, 9.17) is 4.74 Å². The minimum absolute atomic E-state index is 0.0153. The smallest absolute Gasteiger partial charge is 0.255 e. The van der Waals surface area contributed by atoms with Gasteiger partial charge in [-0.15, -0.1) is 0 Å². The van der Waals surface area contributed by atoms with Crippen LogP contribution in [0.25, 0.3) is 0 Å². The van der Waals surface area contributed by atoms with E-state index in [1.54, 1.807) is 23.1 Å². The van der Waals surface area contributed by atoms with Crippen LogP contribution in [0.3, 0.4) is 0 Å². The van der Waals surface area contributed by atoms with E-state index >= 15 is 0 Å². The molecule has 5 heteroatoms. The van der Waals surface area contributed by atoms with Gasteiger partial charge in [0, 0.05) is 18.7 Å². The number of anilines is 1. The van der Waals surface area contributed by atoms with Gasteiger partial charge >= 0.3 is 0 Å². The average molecular weight is 310 g/mol. The molecule has 118 valence electrons. The van der Waals surface area contributed by atoms with Crippen LogP contribution in [0.5, 0.6) is 5.75 Å². The number of hydrogen-bond acceptors (Lipinski definition) is 3. The van der Waals surface area contributed by atoms with Crippen LogP contribution in [0.15, 0.2) is 54.6 Å². The Morgan fingerprint density at radius 1 is 1.13 bits per heavy atom. The summed E-state index contributed by atoms with van der Waals surface area (Å²) in [5, 5.41) is 2.92. The van der Waals surface area contributed by atoms with Crippen molar-refractivity contribution in [3.05, 3.63) is 60.2 Å². The minimum Gasteiger partial charge on any atom is -0.496 e. The Morgan fingerprint density at radius 3 is 2.57 bits per heavy atom. The Hall–Kier alpha value is -2.82. The van der Waals surface area contributed by atoms with Crippen molar-refractivity contribution in [1.82, 2.24) is 5.32 Å². The summed E-state index contributed by atoms with van der Waals surface area (Å²) in [6.07, 6.45) is 0.301. The van der Waals surface area contributed by atoms with Crippen LogP contribution in [0.2, 0.25) is 0 Å². The van der Waals surface area contributed by atoms with Gasteiger partial charge in [0.2, 0.25) is 5.91 Å². The van der Waals surface area contributed by atoms with Crippen LogP contribution in [0.4, 0.5) is 5.69 Å². The first-order valence-corrected chi connectivity index (χ1v) is 7.48. The number of amides is 2. The number of carbonyl (C=O) groups excluding carboxylic acids is 2. The fourth-order valence-electron chi connectivity index (χ4n) is 2.76. The van der Waals surface area contributed by atoms with E-state index in [9.17, 15) is 9.59 Å². The highest BCUT2D eigenvalue weighted by Gasteiger charge is 2.32. The number of ether oxygens (including phenoxy) is 1. The molecule has 23 heavy (non-hydrogen) atoms. The van der Waals surface area contributed by atoms with E-state index in [0.717, 1.165) is 5.69 Å². The van der Waals surface area contributed by atoms with Gasteiger partial charge in [-0.25, -0.2) is 0 Å². The van der Waals surface area contributed by atoms with Crippen molar-refractivity contribution < 1.29 is 14.3 Å². The molecule has 2 amide bonds. The van der Waals surface area contributed by atoms with E-state index in [1.165, 1.54) is 7.11 Å². The van der Waals surface area contributed by atoms with Gasteiger partial charge in [0.15, 0.2) is 0 Å². The fourth-order valence-corrected chi connectivity index (χ4v) is 2.76. The molecule has 0 spiro atoms. The second-order valence-electron chi connectivity index (χ2n) is 5.41. The molecule has 3 rings (SSSR count). The third kappa shape index (κ3) is 3.18. The third-order valence-electron chi connectivity index (χ3n) is 3.88. The standard InChI is InChI=1S/C18H18N2O3/c1-23-16-10-6-5-9-15(16)18(22)19-13-11-17(21)20(12-13)14-7-3-2-4-8-14/h2-10,13H,11-12H2,1H3,(H,19,22)/t13-/m0/s1. The van der Waals surface area contributed by atoms with E-state index in [2.05, 4.69) is 5.32 Å². The number of methoxy groups -OCH3 is 1. The average Bonchev–Trinajstić information content (AvgIpc) is 2.95. The van der Waals surface area contributed by atoms with Gasteiger partial charge in [-0.05, 0) is 24.3 Å². The summed E-state index contributed by atoms with van der Waals surface area (Å²) in [6, 6.07) is 16.3. The summed E-state index contributed by atoms with van der Waals surface area (Å²) in [5.41, 5.74) is 1.33. The largest absolute Gasteiger partial charge is 0.496 e. The van der Waals surface area contributed by atoms with Gasteiger partial charge < -0.3 is 15.0 Å². The van der Waals surface area contributed by atoms with Gasteiger partial charge in [0.1, 0.15) is 5.75 Å². The lowest BCUT2D eigenvalue weighted by Crippen LogP contribution is -2.37. The van der Waals surface area contributed by atoms with Crippen molar-refractivity contribution in [3.8, 4) is 5.75 Å². The van der Waals surface area contributed by atoms with Gasteiger partial charge in [0.05, 0.1) is 18.7 Å². The third-order valence-corrected chi connectivity index (χ3v) is 3.88. The van der Waals surface area contributed by atoms with E-state index < -0.39 is 0 Å². The highest BCUT2D eigenvalue weighted by Crippen LogP contribution is 2.22. The zero-order valence-corrected chi connectivity index (χ0v) is 12.9. The van der Waals surface area contributed by atoms with Crippen molar-refractivity contribution >= 4 is 17.5 Å². The molecule has 0 aliphatic carbocycles. The maximum Gasteiger partial charge on any atom is 0.255 e. The molecule has 2 aromatic carbocycles. The van der Waals surface area contributed by atoms with E-state index in [-0.39, 0.29) is 17.9 Å². The summed E-state index contributed by atoms with van der Waals surface area (Å²) >= 11 is 0. The van der Waals surface area contributed by atoms with Crippen LogP contribution < -0.4 is 15.0 Å². The highest BCUT2D eigenvalue weighted by atomic mass is 16.5. The monoisotopic (exact) mass is 310 g/mol. The maximum absolute atomic E-state index is 12.4. The number of benzene rings is 2. The Labute approximate surface area is 134 Å². The van der Waals surface area contributed by atoms with Crippen LogP contribution in [-0.4, -0.2) is 31.5 Å². The highest BCUT2D eigenvalue weighted by molar-refractivity contribution is 6.00. The molecular weight excluding hydrogens is 292 g/mol. The molecule has 1 aliphatic rings. The van der Waals surface area contributed by atoms with Gasteiger partial charge in [0.25, 0.3) is 5.91 Å². The fraction of sp³-hybridized carbons (Fsp3) is 0.222. The van der Waals surface area contributed by atoms with Crippen LogP contribution in [-0.2, 0) is 4.79 Å². The molecule has 0 saturated carbocycles. The number of nitrogens with one attached hydrogen (secondary N) is 1. The molecule has 1 fully saturated rings. The minimum atomic E-state index is -0.227. The molecule has 0 radical (unpaired) electrons. The first-order chi connectivity index (χ1) is 11.2. The summed E-state index contributed by atoms with van der Waals surface area (Å²) in [6.45, 7) is 0.476. The zero-order valence-electron chi connectivity index (χ0n) is 12.9. The first-order valence-electron chi connectivity index (χ1n) is 7.48. The van der Waals surface area contributed by atoms with Crippen LogP contribution >= 0.6 is 0 Å². The Bertz CT molecular complexity index is 715. The zero-order chi connectivity index (χ0) is 16.2. The summed E-state index contributed by atoms with van der Waals surface area (Å²) < 4.78 is 5.20. The summed E-state index contributed by atoms with van der Waals surface area (Å²) in [4.78, 5) is 26.3. The Morgan fingerprint density at radius 2 is 1.83 bits per heavy atom. The van der Waals surface area contributed by atoms with Crippen molar-refractivity contribution in [2.75, 3.05) is 18.6 Å². The van der Waals surface area contributed by atoms with Crippen molar-refractivity contribution in [2.24, 2.45) is 0 Å². The number of para-hydroxylation sites is 2. The SMILES string of the molecule is COc1ccccc1C(=O)N[C@H]1CC(=O)N(c2ccccc2)C1. The maximum atomic E-state index is 12.4. The predicted molar refractivity (Wildman–Crippen MR) is 87.7 cm³/mol. The molecular formula is C18H18N2O3. The molecule has 1 atom stereocenters. The molecule has 0 bridgehead atoms. The molecule has 5 nitrogen and oxygen atoms in total. The molecule has 1 saturated heterocycles. The van der Waals surface area contributed by atoms with Gasteiger partial charge in [-0.3, -0.25) is 9.59 Å². The second kappa shape index (κ2) is 6.52. The lowest BCUT2D eigenvalue weighted by Gasteiger charge is -2.17. The lowest BCUT2D eigenvalue weighted by atomic mass is 10.1. The number of rotatable bonds is 4. The van der Waals surface area contributed by atoms with Crippen molar-refractivity contribution in [1.29, 1.82) is 0 Å². The van der Waals surface area contributed by atoms with Crippen molar-refractivity contribution in [3.63, 3.8) is 0 Å². The van der Waals surface area contributed by atoms with Gasteiger partial charge in [-0.1, -0.05) is 30.3 Å². The van der Waals surface area contributed by atoms with Gasteiger partial charge in [-0.2, -0.15) is 0 Å². The van der Waals surface area contributed by atoms with Crippen molar-refractivity contribution in [2.45, 2.75) is 12.5 Å². The molecule has 2 aromatic rings. The predicted octanol–water partition coefficient (Wildman–Crippen LogP) is 2.23. The summed E-state index contributed by atoms with van der Waals surface area (Å²) in [5.74, 6) is 0.311. The summed E-state index contributed by atoms with van der Waals surface area (Å²) in [7, 11) is 1.53. The second-order valence-corrected chi connectivity index (χ2v) is 5.41. The first kappa shape index (κ1) is 15.1. The number of hydrogen-bond donors (Lipinski definition) is 1. The molecule has 0 unspecified atom stereocenters. The Kier molecular flexibility index (Phi) is 4.28. The molecule has 0 aromatic heterocycles. The van der Waals surface area contributed by atoms with E-state index in [1.807, 2.05) is 36.4 Å². The van der Waals surface area contributed by atoms with Crippen LogP contribution in [0.1, 0.15) is 16.8 Å². The Balaban J connectivity index is 1.70. The number of nitrogens with zero attached hydrogens (tertiary/aromatic N) is 1. The number of carbonyl (C=O) groups is 2. The quantitative estimate of drug-likeness (QED) is 0.942. The van der Waals surface area contributed by atoms with Crippen LogP contribution in [0, 0.1) is 0 Å². The lowest BCUT2D eigenvalue weighted by molar-refractivity contribution is -0.117. The van der Waals surface area contributed by atoms with E-state index in [0.29, 0.717) is 24.3 Å². The normalized spacial score (nSPS) is 17.2. The molecule has 1 N–H and O–H groups in total.